The minimum Gasteiger partial charge on any atom is -0.452 e. The predicted molar refractivity (Wildman–Crippen MR) is 87.3 cm³/mol. The summed E-state index contributed by atoms with van der Waals surface area (Å²) in [6.45, 7) is 3.31. The van der Waals surface area contributed by atoms with E-state index in [1.807, 2.05) is 0 Å². The fourth-order valence-electron chi connectivity index (χ4n) is 2.17. The molecule has 0 radical (unpaired) electrons. The standard InChI is InChI=1S/C15H19N3O6S/c1-10(2)17-25(22,23)12-5-3-4-11(8-12)14(20)24-9-13(19)18-7-6-16-15(18)21/h3-5,8,10,17H,6-7,9H2,1-2H3,(H,16,21). The van der Waals surface area contributed by atoms with Crippen LogP contribution in [0.3, 0.4) is 0 Å². The number of esters is 1. The second-order valence-electron chi connectivity index (χ2n) is 5.66. The summed E-state index contributed by atoms with van der Waals surface area (Å²) in [5.41, 5.74) is -0.00898. The van der Waals surface area contributed by atoms with Crippen LogP contribution in [0.1, 0.15) is 24.2 Å². The number of hydrogen-bond acceptors (Lipinski definition) is 6. The molecule has 10 heteroatoms. The topological polar surface area (TPSA) is 122 Å². The maximum atomic E-state index is 12.1. The van der Waals surface area contributed by atoms with Crippen molar-refractivity contribution in [1.82, 2.24) is 14.9 Å². The summed E-state index contributed by atoms with van der Waals surface area (Å²) in [4.78, 5) is 36.1. The lowest BCUT2D eigenvalue weighted by Gasteiger charge is -2.13. The van der Waals surface area contributed by atoms with Crippen molar-refractivity contribution in [2.24, 2.45) is 0 Å². The van der Waals surface area contributed by atoms with Gasteiger partial charge in [-0.05, 0) is 32.0 Å². The summed E-state index contributed by atoms with van der Waals surface area (Å²) in [6, 6.07) is 4.46. The zero-order valence-corrected chi connectivity index (χ0v) is 14.6. The molecule has 2 rings (SSSR count). The van der Waals surface area contributed by atoms with Crippen LogP contribution in [-0.2, 0) is 19.6 Å². The number of carbonyl (C=O) groups excluding carboxylic acids is 3. The van der Waals surface area contributed by atoms with Crippen LogP contribution in [0.25, 0.3) is 0 Å². The third-order valence-corrected chi connectivity index (χ3v) is 4.91. The number of carbonyl (C=O) groups is 3. The molecule has 9 nitrogen and oxygen atoms in total. The highest BCUT2D eigenvalue weighted by atomic mass is 32.2. The first-order valence-electron chi connectivity index (χ1n) is 7.58. The minimum absolute atomic E-state index is 0.00898. The molecule has 0 spiro atoms. The Morgan fingerprint density at radius 2 is 2.08 bits per heavy atom. The molecule has 25 heavy (non-hydrogen) atoms. The van der Waals surface area contributed by atoms with Gasteiger partial charge in [-0.15, -0.1) is 0 Å². The van der Waals surface area contributed by atoms with E-state index < -0.39 is 34.5 Å². The monoisotopic (exact) mass is 369 g/mol. The Hall–Kier alpha value is -2.46. The smallest absolute Gasteiger partial charge is 0.338 e. The molecular formula is C15H19N3O6S. The highest BCUT2D eigenvalue weighted by Crippen LogP contribution is 2.13. The number of sulfonamides is 1. The quantitative estimate of drug-likeness (QED) is 0.685. The van der Waals surface area contributed by atoms with Gasteiger partial charge in [0.1, 0.15) is 0 Å². The number of hydrogen-bond donors (Lipinski definition) is 2. The first kappa shape index (κ1) is 18.9. The van der Waals surface area contributed by atoms with E-state index in [1.165, 1.54) is 24.3 Å². The number of urea groups is 1. The number of nitrogens with zero attached hydrogens (tertiary/aromatic N) is 1. The Balaban J connectivity index is 2.04. The Kier molecular flexibility index (Phi) is 5.75. The van der Waals surface area contributed by atoms with Gasteiger partial charge < -0.3 is 10.1 Å². The third kappa shape index (κ3) is 4.77. The van der Waals surface area contributed by atoms with E-state index >= 15 is 0 Å². The summed E-state index contributed by atoms with van der Waals surface area (Å²) in [5, 5.41) is 2.46. The molecule has 1 saturated heterocycles. The molecule has 0 bridgehead atoms. The van der Waals surface area contributed by atoms with E-state index in [0.29, 0.717) is 6.54 Å². The van der Waals surface area contributed by atoms with Gasteiger partial charge in [0.15, 0.2) is 6.61 Å². The van der Waals surface area contributed by atoms with Crippen LogP contribution in [0, 0.1) is 0 Å². The van der Waals surface area contributed by atoms with E-state index in [2.05, 4.69) is 10.0 Å². The molecule has 136 valence electrons. The average Bonchev–Trinajstić information content (AvgIpc) is 2.97. The molecule has 1 aromatic carbocycles. The van der Waals surface area contributed by atoms with Crippen LogP contribution in [0.2, 0.25) is 0 Å². The van der Waals surface area contributed by atoms with E-state index in [9.17, 15) is 22.8 Å². The number of imide groups is 1. The lowest BCUT2D eigenvalue weighted by Crippen LogP contribution is -2.37. The number of nitrogens with one attached hydrogen (secondary N) is 2. The summed E-state index contributed by atoms with van der Waals surface area (Å²) >= 11 is 0. The molecule has 1 aromatic rings. The molecule has 0 aliphatic carbocycles. The molecule has 3 amide bonds. The fourth-order valence-corrected chi connectivity index (χ4v) is 3.46. The van der Waals surface area contributed by atoms with Crippen LogP contribution in [0.4, 0.5) is 4.79 Å². The normalized spacial score (nSPS) is 14.5. The van der Waals surface area contributed by atoms with Gasteiger partial charge in [-0.2, -0.15) is 0 Å². The molecule has 0 aromatic heterocycles. The molecular weight excluding hydrogens is 350 g/mol. The first-order chi connectivity index (χ1) is 11.7. The minimum atomic E-state index is -3.75. The van der Waals surface area contributed by atoms with Crippen LogP contribution >= 0.6 is 0 Å². The van der Waals surface area contributed by atoms with E-state index in [0.717, 1.165) is 4.90 Å². The number of benzene rings is 1. The number of amides is 3. The fraction of sp³-hybridized carbons (Fsp3) is 0.400. The van der Waals surface area contributed by atoms with Crippen molar-refractivity contribution in [3.63, 3.8) is 0 Å². The van der Waals surface area contributed by atoms with Crippen molar-refractivity contribution in [2.75, 3.05) is 19.7 Å². The largest absolute Gasteiger partial charge is 0.452 e. The van der Waals surface area contributed by atoms with E-state index in [1.54, 1.807) is 13.8 Å². The van der Waals surface area contributed by atoms with Gasteiger partial charge in [0.25, 0.3) is 5.91 Å². The van der Waals surface area contributed by atoms with Gasteiger partial charge in [-0.3, -0.25) is 9.69 Å². The van der Waals surface area contributed by atoms with Gasteiger partial charge in [0, 0.05) is 19.1 Å². The molecule has 0 saturated carbocycles. The van der Waals surface area contributed by atoms with E-state index in [-0.39, 0.29) is 23.0 Å². The first-order valence-corrected chi connectivity index (χ1v) is 9.07. The molecule has 1 aliphatic rings. The van der Waals surface area contributed by atoms with Crippen molar-refractivity contribution >= 4 is 27.9 Å². The Bertz CT molecular complexity index is 790. The van der Waals surface area contributed by atoms with Crippen molar-refractivity contribution in [3.05, 3.63) is 29.8 Å². The van der Waals surface area contributed by atoms with Gasteiger partial charge in [-0.25, -0.2) is 22.7 Å². The summed E-state index contributed by atoms with van der Waals surface area (Å²) in [5.74, 6) is -1.50. The van der Waals surface area contributed by atoms with Gasteiger partial charge in [-0.1, -0.05) is 6.07 Å². The molecule has 2 N–H and O–H groups in total. The lowest BCUT2D eigenvalue weighted by atomic mass is 10.2. The van der Waals surface area contributed by atoms with Gasteiger partial charge in [0.2, 0.25) is 10.0 Å². The molecule has 1 aliphatic heterocycles. The van der Waals surface area contributed by atoms with Crippen LogP contribution in [0.5, 0.6) is 0 Å². The highest BCUT2D eigenvalue weighted by molar-refractivity contribution is 7.89. The van der Waals surface area contributed by atoms with Gasteiger partial charge >= 0.3 is 12.0 Å². The zero-order chi connectivity index (χ0) is 18.6. The third-order valence-electron chi connectivity index (χ3n) is 3.26. The second kappa shape index (κ2) is 7.62. The summed E-state index contributed by atoms with van der Waals surface area (Å²) < 4.78 is 31.5. The number of rotatable bonds is 6. The van der Waals surface area contributed by atoms with Crippen molar-refractivity contribution in [3.8, 4) is 0 Å². The van der Waals surface area contributed by atoms with Crippen LogP contribution in [-0.4, -0.2) is 57.0 Å². The van der Waals surface area contributed by atoms with Crippen molar-refractivity contribution in [2.45, 2.75) is 24.8 Å². The number of ether oxygens (including phenoxy) is 1. The maximum Gasteiger partial charge on any atom is 0.338 e. The summed E-state index contributed by atoms with van der Waals surface area (Å²) in [7, 11) is -3.75. The Morgan fingerprint density at radius 1 is 1.36 bits per heavy atom. The SMILES string of the molecule is CC(C)NS(=O)(=O)c1cccc(C(=O)OCC(=O)N2CCNC2=O)c1. The average molecular weight is 369 g/mol. The summed E-state index contributed by atoms with van der Waals surface area (Å²) in [6.07, 6.45) is 0. The van der Waals surface area contributed by atoms with Crippen molar-refractivity contribution in [1.29, 1.82) is 0 Å². The van der Waals surface area contributed by atoms with Gasteiger partial charge in [0.05, 0.1) is 10.5 Å². The maximum absolute atomic E-state index is 12.1. The van der Waals surface area contributed by atoms with Crippen molar-refractivity contribution < 1.29 is 27.5 Å². The Labute approximate surface area is 145 Å². The Morgan fingerprint density at radius 3 is 2.68 bits per heavy atom. The molecule has 1 heterocycles. The van der Waals surface area contributed by atoms with E-state index in [4.69, 9.17) is 4.74 Å². The lowest BCUT2D eigenvalue weighted by molar-refractivity contribution is -0.130. The molecule has 0 unspecified atom stereocenters. The highest BCUT2D eigenvalue weighted by Gasteiger charge is 2.27. The predicted octanol–water partition coefficient (Wildman–Crippen LogP) is 0.0819. The van der Waals surface area contributed by atoms with Crippen LogP contribution in [0.15, 0.2) is 29.2 Å². The zero-order valence-electron chi connectivity index (χ0n) is 13.8. The second-order valence-corrected chi connectivity index (χ2v) is 7.37. The molecule has 1 fully saturated rings. The molecule has 0 atom stereocenters. The van der Waals surface area contributed by atoms with Crippen LogP contribution < -0.4 is 10.0 Å².